The summed E-state index contributed by atoms with van der Waals surface area (Å²) in [4.78, 5) is 22.0. The van der Waals surface area contributed by atoms with Crippen molar-refractivity contribution in [3.63, 3.8) is 0 Å². The molecule has 0 fully saturated rings. The zero-order valence-electron chi connectivity index (χ0n) is 9.53. The number of aryl methyl sites for hydroxylation is 1. The summed E-state index contributed by atoms with van der Waals surface area (Å²) in [5.74, 6) is -0.312. The molecule has 0 aliphatic heterocycles. The summed E-state index contributed by atoms with van der Waals surface area (Å²) in [7, 11) is 0. The lowest BCUT2D eigenvalue weighted by molar-refractivity contribution is -0.129. The number of rotatable bonds is 4. The van der Waals surface area contributed by atoms with Crippen molar-refractivity contribution in [1.82, 2.24) is 10.9 Å². The summed E-state index contributed by atoms with van der Waals surface area (Å²) in [6.45, 7) is 1.57. The van der Waals surface area contributed by atoms with Crippen LogP contribution in [0.15, 0.2) is 24.3 Å². The quantitative estimate of drug-likeness (QED) is 0.614. The van der Waals surface area contributed by atoms with E-state index in [9.17, 15) is 9.59 Å². The van der Waals surface area contributed by atoms with E-state index in [4.69, 9.17) is 10.5 Å². The van der Waals surface area contributed by atoms with Crippen molar-refractivity contribution in [2.75, 3.05) is 13.2 Å². The second-order valence-corrected chi connectivity index (χ2v) is 3.41. The Balaban J connectivity index is 2.31. The number of nitrogens with two attached hydrogens (primary N) is 1. The first-order chi connectivity index (χ1) is 8.11. The van der Waals surface area contributed by atoms with Crippen molar-refractivity contribution in [3.8, 4) is 5.75 Å². The second-order valence-electron chi connectivity index (χ2n) is 3.41. The number of nitrogens with one attached hydrogen (secondary N) is 2. The molecule has 0 heterocycles. The Morgan fingerprint density at radius 3 is 2.65 bits per heavy atom. The molecular weight excluding hydrogens is 222 g/mol. The SMILES string of the molecule is Cc1cccc(OCC(=O)NNC(=O)CN)c1. The maximum Gasteiger partial charge on any atom is 0.276 e. The highest BCUT2D eigenvalue weighted by molar-refractivity contribution is 5.83. The minimum absolute atomic E-state index is 0.172. The summed E-state index contributed by atoms with van der Waals surface area (Å²) in [6.07, 6.45) is 0. The van der Waals surface area contributed by atoms with Gasteiger partial charge in [-0.2, -0.15) is 0 Å². The zero-order chi connectivity index (χ0) is 12.7. The highest BCUT2D eigenvalue weighted by atomic mass is 16.5. The molecule has 0 aliphatic rings. The van der Waals surface area contributed by atoms with Gasteiger partial charge >= 0.3 is 0 Å². The first kappa shape index (κ1) is 13.0. The van der Waals surface area contributed by atoms with Gasteiger partial charge in [0.15, 0.2) is 6.61 Å². The van der Waals surface area contributed by atoms with E-state index in [1.807, 2.05) is 25.1 Å². The molecule has 0 unspecified atom stereocenters. The molecule has 2 amide bonds. The van der Waals surface area contributed by atoms with Gasteiger partial charge in [0.2, 0.25) is 0 Å². The summed E-state index contributed by atoms with van der Waals surface area (Å²) in [6, 6.07) is 7.32. The minimum atomic E-state index is -0.464. The normalized spacial score (nSPS) is 9.53. The molecule has 6 nitrogen and oxygen atoms in total. The molecule has 1 aromatic carbocycles. The van der Waals surface area contributed by atoms with Crippen molar-refractivity contribution in [2.45, 2.75) is 6.92 Å². The van der Waals surface area contributed by atoms with E-state index in [0.717, 1.165) is 5.56 Å². The van der Waals surface area contributed by atoms with Crippen LogP contribution in [-0.4, -0.2) is 25.0 Å². The minimum Gasteiger partial charge on any atom is -0.484 e. The van der Waals surface area contributed by atoms with E-state index in [2.05, 4.69) is 10.9 Å². The second kappa shape index (κ2) is 6.49. The average Bonchev–Trinajstić information content (AvgIpc) is 2.33. The fraction of sp³-hybridized carbons (Fsp3) is 0.273. The van der Waals surface area contributed by atoms with Gasteiger partial charge in [0, 0.05) is 0 Å². The van der Waals surface area contributed by atoms with Crippen LogP contribution in [0.1, 0.15) is 5.56 Å². The number of hydrazine groups is 1. The number of hydrogen-bond acceptors (Lipinski definition) is 4. The molecule has 1 rings (SSSR count). The van der Waals surface area contributed by atoms with Gasteiger partial charge in [-0.3, -0.25) is 20.4 Å². The van der Waals surface area contributed by atoms with Gasteiger partial charge < -0.3 is 10.5 Å². The smallest absolute Gasteiger partial charge is 0.276 e. The van der Waals surface area contributed by atoms with Gasteiger partial charge in [0.1, 0.15) is 5.75 Å². The van der Waals surface area contributed by atoms with Gasteiger partial charge in [0.25, 0.3) is 11.8 Å². The topological polar surface area (TPSA) is 93.5 Å². The van der Waals surface area contributed by atoms with Crippen LogP contribution in [0.25, 0.3) is 0 Å². The lowest BCUT2D eigenvalue weighted by atomic mass is 10.2. The van der Waals surface area contributed by atoms with Crippen LogP contribution in [0.4, 0.5) is 0 Å². The van der Waals surface area contributed by atoms with E-state index in [1.165, 1.54) is 0 Å². The maximum atomic E-state index is 11.2. The van der Waals surface area contributed by atoms with Gasteiger partial charge in [0.05, 0.1) is 6.54 Å². The number of carbonyl (C=O) groups excluding carboxylic acids is 2. The van der Waals surface area contributed by atoms with Gasteiger partial charge in [-0.05, 0) is 24.6 Å². The maximum absolute atomic E-state index is 11.2. The van der Waals surface area contributed by atoms with E-state index in [1.54, 1.807) is 6.07 Å². The molecule has 0 bridgehead atoms. The summed E-state index contributed by atoms with van der Waals surface area (Å²) < 4.78 is 5.22. The van der Waals surface area contributed by atoms with Crippen molar-refractivity contribution in [3.05, 3.63) is 29.8 Å². The number of hydrogen-bond donors (Lipinski definition) is 3. The van der Waals surface area contributed by atoms with Crippen molar-refractivity contribution in [2.24, 2.45) is 5.73 Å². The number of benzene rings is 1. The third-order valence-electron chi connectivity index (χ3n) is 1.89. The molecule has 0 atom stereocenters. The zero-order valence-corrected chi connectivity index (χ0v) is 9.53. The number of ether oxygens (including phenoxy) is 1. The molecule has 0 spiro atoms. The number of carbonyl (C=O) groups is 2. The van der Waals surface area contributed by atoms with Gasteiger partial charge in [-0.25, -0.2) is 0 Å². The van der Waals surface area contributed by atoms with Crippen LogP contribution in [-0.2, 0) is 9.59 Å². The van der Waals surface area contributed by atoms with Crippen molar-refractivity contribution >= 4 is 11.8 Å². The van der Waals surface area contributed by atoms with Crippen molar-refractivity contribution < 1.29 is 14.3 Å². The predicted molar refractivity (Wildman–Crippen MR) is 62.0 cm³/mol. The molecule has 4 N–H and O–H groups in total. The molecule has 0 aliphatic carbocycles. The summed E-state index contributed by atoms with van der Waals surface area (Å²) in [5.41, 5.74) is 10.4. The fourth-order valence-electron chi connectivity index (χ4n) is 1.08. The Bertz CT molecular complexity index is 407. The Kier molecular flexibility index (Phi) is 4.96. The predicted octanol–water partition coefficient (Wildman–Crippen LogP) is -0.520. The first-order valence-corrected chi connectivity index (χ1v) is 5.09. The summed E-state index contributed by atoms with van der Waals surface area (Å²) >= 11 is 0. The Hall–Kier alpha value is -2.08. The van der Waals surface area contributed by atoms with Crippen LogP contribution in [0.5, 0.6) is 5.75 Å². The molecular formula is C11H15N3O3. The first-order valence-electron chi connectivity index (χ1n) is 5.09. The molecule has 6 heteroatoms. The van der Waals surface area contributed by atoms with Crippen LogP contribution in [0.2, 0.25) is 0 Å². The fourth-order valence-corrected chi connectivity index (χ4v) is 1.08. The van der Waals surface area contributed by atoms with E-state index in [0.29, 0.717) is 5.75 Å². The summed E-state index contributed by atoms with van der Waals surface area (Å²) in [5, 5.41) is 0. The Labute approximate surface area is 99.1 Å². The van der Waals surface area contributed by atoms with Crippen molar-refractivity contribution in [1.29, 1.82) is 0 Å². The highest BCUT2D eigenvalue weighted by Gasteiger charge is 2.03. The largest absolute Gasteiger partial charge is 0.484 e. The molecule has 0 radical (unpaired) electrons. The average molecular weight is 237 g/mol. The highest BCUT2D eigenvalue weighted by Crippen LogP contribution is 2.11. The van der Waals surface area contributed by atoms with Crippen LogP contribution in [0.3, 0.4) is 0 Å². The van der Waals surface area contributed by atoms with E-state index in [-0.39, 0.29) is 13.2 Å². The lowest BCUT2D eigenvalue weighted by Crippen LogP contribution is -2.46. The molecule has 1 aromatic rings. The Morgan fingerprint density at radius 1 is 1.29 bits per heavy atom. The third kappa shape index (κ3) is 4.98. The van der Waals surface area contributed by atoms with Gasteiger partial charge in [-0.15, -0.1) is 0 Å². The molecule has 17 heavy (non-hydrogen) atoms. The van der Waals surface area contributed by atoms with E-state index < -0.39 is 11.8 Å². The van der Waals surface area contributed by atoms with Gasteiger partial charge in [-0.1, -0.05) is 12.1 Å². The standard InChI is InChI=1S/C11H15N3O3/c1-8-3-2-4-9(5-8)17-7-11(16)14-13-10(15)6-12/h2-5H,6-7,12H2,1H3,(H,13,15)(H,14,16). The van der Waals surface area contributed by atoms with Crippen LogP contribution in [0, 0.1) is 6.92 Å². The molecule has 0 saturated heterocycles. The number of amides is 2. The molecule has 0 aromatic heterocycles. The monoisotopic (exact) mass is 237 g/mol. The van der Waals surface area contributed by atoms with Crippen LogP contribution < -0.4 is 21.3 Å². The Morgan fingerprint density at radius 2 is 2.00 bits per heavy atom. The lowest BCUT2D eigenvalue weighted by Gasteiger charge is -2.08. The molecule has 92 valence electrons. The van der Waals surface area contributed by atoms with E-state index >= 15 is 0 Å². The third-order valence-corrected chi connectivity index (χ3v) is 1.89. The van der Waals surface area contributed by atoms with Crippen LogP contribution >= 0.6 is 0 Å². The molecule has 0 saturated carbocycles.